The van der Waals surface area contributed by atoms with E-state index in [4.69, 9.17) is 5.11 Å². The van der Waals surface area contributed by atoms with Crippen LogP contribution in [0.15, 0.2) is 0 Å². The molecule has 1 saturated carbocycles. The van der Waals surface area contributed by atoms with Crippen molar-refractivity contribution in [2.45, 2.75) is 37.4 Å². The van der Waals surface area contributed by atoms with Crippen LogP contribution < -0.4 is 0 Å². The third-order valence-corrected chi connectivity index (χ3v) is 4.54. The second kappa shape index (κ2) is 4.29. The molecule has 1 rings (SSSR count). The van der Waals surface area contributed by atoms with Gasteiger partial charge in [0.25, 0.3) is 0 Å². The third kappa shape index (κ3) is 3.29. The first-order valence-electron chi connectivity index (χ1n) is 4.80. The van der Waals surface area contributed by atoms with Crippen LogP contribution in [0.4, 0.5) is 0 Å². The molecule has 0 aromatic rings. The largest absolute Gasteiger partial charge is 0.481 e. The summed E-state index contributed by atoms with van der Waals surface area (Å²) >= 11 is 0. The van der Waals surface area contributed by atoms with E-state index in [1.807, 2.05) is 0 Å². The molecule has 0 unspecified atom stereocenters. The molecule has 5 heteroatoms. The van der Waals surface area contributed by atoms with Crippen molar-refractivity contribution in [3.63, 3.8) is 0 Å². The fourth-order valence-corrected chi connectivity index (χ4v) is 3.14. The molecule has 0 spiro atoms. The molecule has 14 heavy (non-hydrogen) atoms. The highest BCUT2D eigenvalue weighted by Gasteiger charge is 2.28. The molecule has 82 valence electrons. The molecule has 0 aromatic heterocycles. The third-order valence-electron chi connectivity index (χ3n) is 2.86. The summed E-state index contributed by atoms with van der Waals surface area (Å²) in [6.07, 6.45) is 4.13. The van der Waals surface area contributed by atoms with Crippen molar-refractivity contribution in [2.24, 2.45) is 5.92 Å². The lowest BCUT2D eigenvalue weighted by molar-refractivity contribution is -0.138. The summed E-state index contributed by atoms with van der Waals surface area (Å²) in [5.74, 6) is -0.613. The normalized spacial score (nSPS) is 28.6. The van der Waals surface area contributed by atoms with Crippen LogP contribution in [0, 0.1) is 5.92 Å². The molecular weight excluding hydrogens is 204 g/mol. The first-order valence-corrected chi connectivity index (χ1v) is 6.75. The average molecular weight is 220 g/mol. The number of hydrogen-bond donors (Lipinski definition) is 1. The van der Waals surface area contributed by atoms with Crippen LogP contribution in [0.25, 0.3) is 0 Å². The number of hydrogen-bond acceptors (Lipinski definition) is 3. The lowest BCUT2D eigenvalue weighted by Crippen LogP contribution is -2.27. The number of carboxylic acid groups (broad SMARTS) is 1. The topological polar surface area (TPSA) is 71.4 Å². The van der Waals surface area contributed by atoms with Crippen molar-refractivity contribution in [3.8, 4) is 0 Å². The van der Waals surface area contributed by atoms with Crippen LogP contribution >= 0.6 is 0 Å². The lowest BCUT2D eigenvalue weighted by atomic mass is 9.87. The van der Waals surface area contributed by atoms with Crippen molar-refractivity contribution >= 4 is 15.8 Å². The molecule has 0 radical (unpaired) electrons. The van der Waals surface area contributed by atoms with Crippen LogP contribution in [-0.2, 0) is 14.6 Å². The first kappa shape index (κ1) is 11.5. The van der Waals surface area contributed by atoms with Gasteiger partial charge in [-0.2, -0.15) is 0 Å². The Balaban J connectivity index is 2.43. The van der Waals surface area contributed by atoms with E-state index in [-0.39, 0.29) is 17.6 Å². The zero-order valence-electron chi connectivity index (χ0n) is 8.27. The number of carboxylic acids is 1. The predicted molar refractivity (Wildman–Crippen MR) is 52.8 cm³/mol. The van der Waals surface area contributed by atoms with Gasteiger partial charge in [-0.1, -0.05) is 0 Å². The van der Waals surface area contributed by atoms with Gasteiger partial charge in [-0.25, -0.2) is 8.42 Å². The Morgan fingerprint density at radius 1 is 1.29 bits per heavy atom. The molecule has 0 saturated heterocycles. The fourth-order valence-electron chi connectivity index (χ4n) is 2.01. The second-order valence-corrected chi connectivity index (χ2v) is 6.40. The molecule has 1 fully saturated rings. The minimum Gasteiger partial charge on any atom is -0.481 e. The maximum atomic E-state index is 11.2. The van der Waals surface area contributed by atoms with E-state index >= 15 is 0 Å². The van der Waals surface area contributed by atoms with Crippen molar-refractivity contribution in [1.82, 2.24) is 0 Å². The molecular formula is C9H16O4S. The molecule has 0 amide bonds. The molecule has 0 atom stereocenters. The highest BCUT2D eigenvalue weighted by atomic mass is 32.2. The van der Waals surface area contributed by atoms with Gasteiger partial charge in [0.15, 0.2) is 0 Å². The maximum Gasteiger partial charge on any atom is 0.303 e. The lowest BCUT2D eigenvalue weighted by Gasteiger charge is -2.26. The molecule has 0 heterocycles. The van der Waals surface area contributed by atoms with E-state index in [1.54, 1.807) is 0 Å². The van der Waals surface area contributed by atoms with Crippen LogP contribution in [0.3, 0.4) is 0 Å². The first-order chi connectivity index (χ1) is 6.39. The van der Waals surface area contributed by atoms with Crippen LogP contribution in [0.1, 0.15) is 32.1 Å². The molecule has 1 aliphatic rings. The van der Waals surface area contributed by atoms with Crippen LogP contribution in [-0.4, -0.2) is 31.0 Å². The SMILES string of the molecule is CS(=O)(=O)C1CCC(CC(=O)O)CC1. The van der Waals surface area contributed by atoms with Crippen LogP contribution in [0.5, 0.6) is 0 Å². The zero-order chi connectivity index (χ0) is 10.8. The van der Waals surface area contributed by atoms with Crippen molar-refractivity contribution in [3.05, 3.63) is 0 Å². The summed E-state index contributed by atoms with van der Waals surface area (Å²) in [6.45, 7) is 0. The van der Waals surface area contributed by atoms with Crippen molar-refractivity contribution < 1.29 is 18.3 Å². The Morgan fingerprint density at radius 2 is 1.79 bits per heavy atom. The average Bonchev–Trinajstić information content (AvgIpc) is 2.02. The summed E-state index contributed by atoms with van der Waals surface area (Å²) < 4.78 is 22.4. The van der Waals surface area contributed by atoms with Crippen molar-refractivity contribution in [2.75, 3.05) is 6.26 Å². The minimum absolute atomic E-state index is 0.172. The van der Waals surface area contributed by atoms with E-state index in [2.05, 4.69) is 0 Å². The standard InChI is InChI=1S/C9H16O4S/c1-14(12,13)8-4-2-7(3-5-8)6-9(10)11/h7-8H,2-6H2,1H3,(H,10,11). The summed E-state index contributed by atoms with van der Waals surface area (Å²) in [5, 5.41) is 8.33. The Morgan fingerprint density at radius 3 is 2.14 bits per heavy atom. The van der Waals surface area contributed by atoms with Gasteiger partial charge in [0.05, 0.1) is 5.25 Å². The molecule has 1 aliphatic carbocycles. The van der Waals surface area contributed by atoms with Gasteiger partial charge in [-0.15, -0.1) is 0 Å². The number of carbonyl (C=O) groups is 1. The fraction of sp³-hybridized carbons (Fsp3) is 0.889. The maximum absolute atomic E-state index is 11.2. The van der Waals surface area contributed by atoms with E-state index in [1.165, 1.54) is 6.26 Å². The van der Waals surface area contributed by atoms with Gasteiger partial charge in [-0.05, 0) is 31.6 Å². The van der Waals surface area contributed by atoms with E-state index in [9.17, 15) is 13.2 Å². The van der Waals surface area contributed by atoms with Crippen molar-refractivity contribution in [1.29, 1.82) is 0 Å². The zero-order valence-corrected chi connectivity index (χ0v) is 9.09. The molecule has 0 aromatic carbocycles. The molecule has 4 nitrogen and oxygen atoms in total. The van der Waals surface area contributed by atoms with E-state index in [0.717, 1.165) is 12.8 Å². The van der Waals surface area contributed by atoms with Gasteiger partial charge in [-0.3, -0.25) is 4.79 Å². The Bertz CT molecular complexity index is 299. The number of aliphatic carboxylic acids is 1. The Hall–Kier alpha value is -0.580. The monoisotopic (exact) mass is 220 g/mol. The van der Waals surface area contributed by atoms with E-state index in [0.29, 0.717) is 12.8 Å². The highest BCUT2D eigenvalue weighted by molar-refractivity contribution is 7.91. The summed E-state index contributed by atoms with van der Waals surface area (Å²) in [5.41, 5.74) is 0. The highest BCUT2D eigenvalue weighted by Crippen LogP contribution is 2.29. The Labute approximate surface area is 84.2 Å². The van der Waals surface area contributed by atoms with Gasteiger partial charge >= 0.3 is 5.97 Å². The minimum atomic E-state index is -2.93. The van der Waals surface area contributed by atoms with Gasteiger partial charge in [0, 0.05) is 12.7 Å². The summed E-state index contributed by atoms with van der Waals surface area (Å²) in [6, 6.07) is 0. The predicted octanol–water partition coefficient (Wildman–Crippen LogP) is 1.06. The van der Waals surface area contributed by atoms with Crippen LogP contribution in [0.2, 0.25) is 0 Å². The Kier molecular flexibility index (Phi) is 3.53. The molecule has 0 bridgehead atoms. The quantitative estimate of drug-likeness (QED) is 0.772. The van der Waals surface area contributed by atoms with Gasteiger partial charge < -0.3 is 5.11 Å². The smallest absolute Gasteiger partial charge is 0.303 e. The molecule has 1 N–H and O–H groups in total. The molecule has 0 aliphatic heterocycles. The number of sulfone groups is 1. The summed E-state index contributed by atoms with van der Waals surface area (Å²) in [7, 11) is -2.93. The summed E-state index contributed by atoms with van der Waals surface area (Å²) in [4.78, 5) is 10.4. The number of rotatable bonds is 3. The van der Waals surface area contributed by atoms with Gasteiger partial charge in [0.1, 0.15) is 9.84 Å². The van der Waals surface area contributed by atoms with Gasteiger partial charge in [0.2, 0.25) is 0 Å². The van der Waals surface area contributed by atoms with E-state index < -0.39 is 15.8 Å². The second-order valence-electron chi connectivity index (χ2n) is 4.07.